The fourth-order valence-corrected chi connectivity index (χ4v) is 4.05. The molecule has 0 aliphatic carbocycles. The molecule has 0 aromatic carbocycles. The van der Waals surface area contributed by atoms with E-state index in [1.807, 2.05) is 0 Å². The van der Waals surface area contributed by atoms with Crippen LogP contribution in [0.5, 0.6) is 0 Å². The summed E-state index contributed by atoms with van der Waals surface area (Å²) < 4.78 is 24.1. The summed E-state index contributed by atoms with van der Waals surface area (Å²) in [5.74, 6) is -4.58. The zero-order chi connectivity index (χ0) is 27.0. The molecule has 0 saturated heterocycles. The molecule has 12 heteroatoms. The van der Waals surface area contributed by atoms with E-state index in [-0.39, 0.29) is 6.42 Å². The van der Waals surface area contributed by atoms with E-state index < -0.39 is 49.8 Å². The van der Waals surface area contributed by atoms with Gasteiger partial charge in [0.1, 0.15) is 0 Å². The maximum Gasteiger partial charge on any atom is 0.525 e. The molecule has 36 heavy (non-hydrogen) atoms. The number of carbonyl (C=O) groups is 2. The second-order valence-electron chi connectivity index (χ2n) is 8.83. The van der Waals surface area contributed by atoms with Crippen molar-refractivity contribution >= 4 is 19.8 Å². The van der Waals surface area contributed by atoms with Crippen molar-refractivity contribution in [2.45, 2.75) is 115 Å². The maximum atomic E-state index is 11.9. The van der Waals surface area contributed by atoms with Gasteiger partial charge in [-0.25, -0.2) is 9.36 Å². The highest BCUT2D eigenvalue weighted by atomic mass is 31.2. The molecule has 0 radical (unpaired) electrons. The number of carbonyl (C=O) groups excluding carboxylic acids is 2. The molecule has 1 aliphatic heterocycles. The number of hydrogen-bond acceptors (Lipinski definition) is 9. The Morgan fingerprint density at radius 2 is 1.50 bits per heavy atom. The fourth-order valence-electron chi connectivity index (χ4n) is 3.65. The molecular weight excluding hydrogens is 495 g/mol. The van der Waals surface area contributed by atoms with E-state index in [1.165, 1.54) is 38.5 Å². The van der Waals surface area contributed by atoms with Crippen LogP contribution in [0.15, 0.2) is 23.7 Å². The van der Waals surface area contributed by atoms with Gasteiger partial charge in [0, 0.05) is 6.42 Å². The molecule has 11 nitrogen and oxygen atoms in total. The number of phosphoric acid groups is 1. The normalized spacial score (nSPS) is 17.9. The molecule has 0 saturated carbocycles. The minimum absolute atomic E-state index is 0.000776. The van der Waals surface area contributed by atoms with Crippen LogP contribution < -0.4 is 0 Å². The van der Waals surface area contributed by atoms with E-state index in [0.29, 0.717) is 6.42 Å². The summed E-state index contributed by atoms with van der Waals surface area (Å²) in [6.07, 6.45) is 12.7. The van der Waals surface area contributed by atoms with Crippen LogP contribution in [0, 0.1) is 0 Å². The van der Waals surface area contributed by atoms with Gasteiger partial charge in [-0.1, -0.05) is 70.4 Å². The zero-order valence-electron chi connectivity index (χ0n) is 20.9. The number of esters is 2. The highest BCUT2D eigenvalue weighted by molar-refractivity contribution is 7.46. The smallest absolute Gasteiger partial charge is 0.505 e. The molecule has 0 aromatic rings. The third-order valence-electron chi connectivity index (χ3n) is 5.63. The van der Waals surface area contributed by atoms with Crippen LogP contribution in [0.3, 0.4) is 0 Å². The van der Waals surface area contributed by atoms with Crippen LogP contribution >= 0.6 is 7.82 Å². The topological polar surface area (TPSA) is 180 Å². The number of phosphoric ester groups is 1. The van der Waals surface area contributed by atoms with E-state index in [0.717, 1.165) is 38.5 Å². The van der Waals surface area contributed by atoms with Crippen molar-refractivity contribution in [2.24, 2.45) is 0 Å². The number of aliphatic hydroxyl groups is 3. The van der Waals surface area contributed by atoms with Crippen LogP contribution in [0.2, 0.25) is 0 Å². The third kappa shape index (κ3) is 13.4. The van der Waals surface area contributed by atoms with Gasteiger partial charge in [0.05, 0.1) is 0 Å². The lowest BCUT2D eigenvalue weighted by molar-refractivity contribution is -0.200. The quantitative estimate of drug-likeness (QED) is 0.0498. The van der Waals surface area contributed by atoms with E-state index in [4.69, 9.17) is 14.5 Å². The lowest BCUT2D eigenvalue weighted by Crippen LogP contribution is -2.41. The Morgan fingerprint density at radius 3 is 2.06 bits per heavy atom. The Bertz CT molecular complexity index is 774. The minimum atomic E-state index is -5.18. The first kappa shape index (κ1) is 32.1. The predicted molar refractivity (Wildman–Crippen MR) is 130 cm³/mol. The summed E-state index contributed by atoms with van der Waals surface area (Å²) in [7, 11) is -5.18. The van der Waals surface area contributed by atoms with Crippen molar-refractivity contribution in [3.63, 3.8) is 0 Å². The average Bonchev–Trinajstić information content (AvgIpc) is 3.08. The van der Waals surface area contributed by atoms with Gasteiger partial charge < -0.3 is 29.3 Å². The number of aliphatic hydroxyl groups excluding tert-OH is 3. The summed E-state index contributed by atoms with van der Waals surface area (Å²) in [4.78, 5) is 41.0. The number of cyclic esters (lactones) is 1. The third-order valence-corrected chi connectivity index (χ3v) is 6.05. The number of unbranched alkanes of at least 4 members (excludes halogenated alkanes) is 11. The molecule has 1 rings (SSSR count). The van der Waals surface area contributed by atoms with E-state index in [1.54, 1.807) is 0 Å². The Morgan fingerprint density at radius 1 is 0.972 bits per heavy atom. The number of allylic oxidation sites excluding steroid dienone is 2. The van der Waals surface area contributed by atoms with E-state index >= 15 is 0 Å². The molecule has 3 atom stereocenters. The van der Waals surface area contributed by atoms with Gasteiger partial charge in [-0.05, 0) is 32.1 Å². The van der Waals surface area contributed by atoms with Gasteiger partial charge in [0.2, 0.25) is 6.29 Å². The SMILES string of the molecule is CCCCCCCC/C=C\CCCCCCCC(=O)OC(O)[C@H](O)[C@H]1OC(=O)C(OP(=O)(O)O)=C1O. The van der Waals surface area contributed by atoms with E-state index in [2.05, 4.69) is 28.3 Å². The van der Waals surface area contributed by atoms with Gasteiger partial charge in [-0.15, -0.1) is 0 Å². The first-order chi connectivity index (χ1) is 17.1. The van der Waals surface area contributed by atoms with Crippen LogP contribution in [0.25, 0.3) is 0 Å². The molecule has 0 bridgehead atoms. The van der Waals surface area contributed by atoms with E-state index in [9.17, 15) is 29.5 Å². The Hall–Kier alpha value is -1.91. The molecule has 1 unspecified atom stereocenters. The lowest BCUT2D eigenvalue weighted by Gasteiger charge is -2.22. The Kier molecular flexibility index (Phi) is 15.6. The van der Waals surface area contributed by atoms with Crippen molar-refractivity contribution < 1.29 is 53.3 Å². The molecule has 0 fully saturated rings. The lowest BCUT2D eigenvalue weighted by atomic mass is 10.1. The fraction of sp³-hybridized carbons (Fsp3) is 0.750. The summed E-state index contributed by atoms with van der Waals surface area (Å²) in [6.45, 7) is 2.22. The summed E-state index contributed by atoms with van der Waals surface area (Å²) in [6, 6.07) is 0. The molecule has 0 amide bonds. The van der Waals surface area contributed by atoms with Gasteiger partial charge >= 0.3 is 19.8 Å². The van der Waals surface area contributed by atoms with Crippen LogP contribution in [-0.4, -0.2) is 55.5 Å². The van der Waals surface area contributed by atoms with Crippen molar-refractivity contribution in [1.29, 1.82) is 0 Å². The minimum Gasteiger partial charge on any atom is -0.505 e. The van der Waals surface area contributed by atoms with Crippen molar-refractivity contribution in [2.75, 3.05) is 0 Å². The molecule has 5 N–H and O–H groups in total. The van der Waals surface area contributed by atoms with Crippen molar-refractivity contribution in [3.05, 3.63) is 23.7 Å². The Balaban J connectivity index is 2.15. The monoisotopic (exact) mass is 536 g/mol. The van der Waals surface area contributed by atoms with Crippen LogP contribution in [-0.2, 0) is 28.2 Å². The second-order valence-corrected chi connectivity index (χ2v) is 9.99. The van der Waals surface area contributed by atoms with Crippen LogP contribution in [0.4, 0.5) is 0 Å². The van der Waals surface area contributed by atoms with Crippen molar-refractivity contribution in [3.8, 4) is 0 Å². The predicted octanol–water partition coefficient (Wildman–Crippen LogP) is 4.05. The average molecular weight is 537 g/mol. The second kappa shape index (κ2) is 17.5. The maximum absolute atomic E-state index is 11.9. The standard InChI is InChI=1S/C24H41O11P/c1-2-3-4-5-6-7-8-9-10-11-12-13-14-15-16-17-18(25)33-23(28)20(27)21-19(26)22(24(29)34-21)35-36(30,31)32/h9-10,20-21,23,26-28H,2-8,11-17H2,1H3,(H2,30,31,32)/b10-9-/t20-,21+,23?/m1/s1. The number of ether oxygens (including phenoxy) is 2. The van der Waals surface area contributed by atoms with Gasteiger partial charge in [-0.3, -0.25) is 14.6 Å². The molecule has 1 aliphatic rings. The number of rotatable bonds is 20. The highest BCUT2D eigenvalue weighted by Gasteiger charge is 2.46. The summed E-state index contributed by atoms with van der Waals surface area (Å²) >= 11 is 0. The molecule has 1 heterocycles. The summed E-state index contributed by atoms with van der Waals surface area (Å²) in [5.41, 5.74) is 0. The largest absolute Gasteiger partial charge is 0.525 e. The first-order valence-corrected chi connectivity index (χ1v) is 14.2. The van der Waals surface area contributed by atoms with Gasteiger partial charge in [0.25, 0.3) is 5.76 Å². The molecule has 0 aromatic heterocycles. The summed E-state index contributed by atoms with van der Waals surface area (Å²) in [5, 5.41) is 29.7. The van der Waals surface area contributed by atoms with Gasteiger partial charge in [0.15, 0.2) is 18.0 Å². The molecule has 208 valence electrons. The zero-order valence-corrected chi connectivity index (χ0v) is 21.8. The molecule has 0 spiro atoms. The number of hydrogen-bond donors (Lipinski definition) is 5. The van der Waals surface area contributed by atoms with Crippen molar-refractivity contribution in [1.82, 2.24) is 0 Å². The van der Waals surface area contributed by atoms with Gasteiger partial charge in [-0.2, -0.15) is 0 Å². The Labute approximate surface area is 212 Å². The molecular formula is C24H41O11P. The first-order valence-electron chi connectivity index (χ1n) is 12.7. The van der Waals surface area contributed by atoms with Crippen LogP contribution in [0.1, 0.15) is 96.8 Å². The highest BCUT2D eigenvalue weighted by Crippen LogP contribution is 2.42.